The number of carbonyl (C=O) groups excluding carboxylic acids is 1. The van der Waals surface area contributed by atoms with E-state index in [1.54, 1.807) is 5.32 Å². The Morgan fingerprint density at radius 1 is 1.04 bits per heavy atom. The number of carbonyl (C=O) groups is 2. The molecule has 0 unspecified atom stereocenters. The van der Waals surface area contributed by atoms with Gasteiger partial charge in [0.2, 0.25) is 0 Å². The highest BCUT2D eigenvalue weighted by Crippen LogP contribution is 2.44. The molecule has 0 fully saturated rings. The molecule has 0 spiro atoms. The van der Waals surface area contributed by atoms with Gasteiger partial charge in [-0.15, -0.1) is 0 Å². The van der Waals surface area contributed by atoms with Crippen molar-refractivity contribution in [3.05, 3.63) is 59.7 Å². The summed E-state index contributed by atoms with van der Waals surface area (Å²) < 4.78 is 30.2. The first kappa shape index (κ1) is 16.9. The topological polar surface area (TPSA) is 75.6 Å². The van der Waals surface area contributed by atoms with Crippen molar-refractivity contribution in [1.29, 1.82) is 0 Å². The van der Waals surface area contributed by atoms with Gasteiger partial charge in [-0.05, 0) is 22.3 Å². The monoisotopic (exact) mass is 347 g/mol. The maximum Gasteiger partial charge on any atom is 0.408 e. The van der Waals surface area contributed by atoms with E-state index in [0.717, 1.165) is 22.3 Å². The number of hydrogen-bond donors (Lipinski definition) is 2. The third-order valence-electron chi connectivity index (χ3n) is 4.14. The Bertz CT molecular complexity index is 764. The van der Waals surface area contributed by atoms with Gasteiger partial charge in [0.1, 0.15) is 6.61 Å². The van der Waals surface area contributed by atoms with Crippen LogP contribution in [0.3, 0.4) is 0 Å². The molecule has 0 bridgehead atoms. The van der Waals surface area contributed by atoms with Gasteiger partial charge in [0.15, 0.2) is 6.04 Å². The fourth-order valence-electron chi connectivity index (χ4n) is 3.00. The van der Waals surface area contributed by atoms with Gasteiger partial charge in [0, 0.05) is 5.92 Å². The van der Waals surface area contributed by atoms with E-state index < -0.39 is 24.5 Å². The summed E-state index contributed by atoms with van der Waals surface area (Å²) in [6, 6.07) is 13.0. The first-order valence-electron chi connectivity index (χ1n) is 7.61. The molecule has 0 radical (unpaired) electrons. The fourth-order valence-corrected chi connectivity index (χ4v) is 3.00. The zero-order valence-electron chi connectivity index (χ0n) is 13.0. The lowest BCUT2D eigenvalue weighted by Crippen LogP contribution is -2.46. The van der Waals surface area contributed by atoms with Crippen molar-refractivity contribution in [1.82, 2.24) is 5.32 Å². The van der Waals surface area contributed by atoms with Gasteiger partial charge in [-0.2, -0.15) is 0 Å². The highest BCUT2D eigenvalue weighted by atomic mass is 19.3. The maximum absolute atomic E-state index is 12.6. The SMILES string of the molecule is O=C(N[C@@H](C(=O)O)C(F)F)OCC1c2ccccc2-c2ccccc21. The van der Waals surface area contributed by atoms with Gasteiger partial charge >= 0.3 is 12.1 Å². The van der Waals surface area contributed by atoms with Crippen LogP contribution in [0.2, 0.25) is 0 Å². The summed E-state index contributed by atoms with van der Waals surface area (Å²) in [4.78, 5) is 22.4. The van der Waals surface area contributed by atoms with Gasteiger partial charge in [-0.25, -0.2) is 18.4 Å². The second kappa shape index (κ2) is 6.88. The molecule has 0 saturated carbocycles. The van der Waals surface area contributed by atoms with Gasteiger partial charge in [-0.1, -0.05) is 48.5 Å². The predicted molar refractivity (Wildman–Crippen MR) is 85.6 cm³/mol. The molecule has 25 heavy (non-hydrogen) atoms. The summed E-state index contributed by atoms with van der Waals surface area (Å²) in [6.45, 7) is -0.0740. The van der Waals surface area contributed by atoms with Gasteiger partial charge in [-0.3, -0.25) is 0 Å². The van der Waals surface area contributed by atoms with Crippen molar-refractivity contribution in [2.24, 2.45) is 0 Å². The molecule has 1 aliphatic carbocycles. The molecule has 130 valence electrons. The molecule has 0 aromatic heterocycles. The van der Waals surface area contributed by atoms with Crippen LogP contribution < -0.4 is 5.32 Å². The number of amides is 1. The van der Waals surface area contributed by atoms with Crippen molar-refractivity contribution in [3.8, 4) is 11.1 Å². The Morgan fingerprint density at radius 3 is 2.04 bits per heavy atom. The molecule has 1 atom stereocenters. The Hall–Kier alpha value is -2.96. The average Bonchev–Trinajstić information content (AvgIpc) is 2.91. The van der Waals surface area contributed by atoms with E-state index >= 15 is 0 Å². The van der Waals surface area contributed by atoms with E-state index in [-0.39, 0.29) is 12.5 Å². The van der Waals surface area contributed by atoms with Crippen molar-refractivity contribution in [3.63, 3.8) is 0 Å². The van der Waals surface area contributed by atoms with Gasteiger partial charge < -0.3 is 15.2 Å². The summed E-state index contributed by atoms with van der Waals surface area (Å²) in [5.74, 6) is -2.04. The van der Waals surface area contributed by atoms with E-state index in [2.05, 4.69) is 0 Å². The number of carboxylic acid groups (broad SMARTS) is 1. The maximum atomic E-state index is 12.6. The fraction of sp³-hybridized carbons (Fsp3) is 0.222. The van der Waals surface area contributed by atoms with E-state index in [0.29, 0.717) is 0 Å². The van der Waals surface area contributed by atoms with Gasteiger partial charge in [0.25, 0.3) is 6.43 Å². The molecule has 1 aliphatic rings. The number of nitrogens with one attached hydrogen (secondary N) is 1. The molecule has 7 heteroatoms. The standard InChI is InChI=1S/C18H15F2NO4/c19-16(20)15(17(22)23)21-18(24)25-9-14-12-7-3-1-5-10(12)11-6-2-4-8-13(11)14/h1-8,14-16H,9H2,(H,21,24)(H,22,23)/t15-/m1/s1. The normalized spacial score (nSPS) is 13.9. The molecule has 2 N–H and O–H groups in total. The highest BCUT2D eigenvalue weighted by Gasteiger charge is 2.32. The lowest BCUT2D eigenvalue weighted by Gasteiger charge is -2.17. The van der Waals surface area contributed by atoms with E-state index in [4.69, 9.17) is 9.84 Å². The molecular weight excluding hydrogens is 332 g/mol. The second-order valence-electron chi connectivity index (χ2n) is 5.62. The van der Waals surface area contributed by atoms with Crippen LogP contribution in [0.25, 0.3) is 11.1 Å². The quantitative estimate of drug-likeness (QED) is 0.871. The number of rotatable bonds is 5. The van der Waals surface area contributed by atoms with Crippen LogP contribution in [0.15, 0.2) is 48.5 Å². The zero-order chi connectivity index (χ0) is 18.0. The molecule has 0 saturated heterocycles. The largest absolute Gasteiger partial charge is 0.480 e. The van der Waals surface area contributed by atoms with E-state index in [1.807, 2.05) is 48.5 Å². The first-order chi connectivity index (χ1) is 12.0. The molecule has 3 rings (SSSR count). The molecular formula is C18H15F2NO4. The van der Waals surface area contributed by atoms with E-state index in [9.17, 15) is 18.4 Å². The molecule has 2 aromatic rings. The molecule has 1 amide bonds. The molecule has 2 aromatic carbocycles. The number of fused-ring (bicyclic) bond motifs is 3. The number of halogens is 2. The molecule has 0 aliphatic heterocycles. The summed E-state index contributed by atoms with van der Waals surface area (Å²) in [6.07, 6.45) is -4.41. The van der Waals surface area contributed by atoms with Crippen LogP contribution in [-0.4, -0.2) is 36.2 Å². The summed E-state index contributed by atoms with van der Waals surface area (Å²) in [5, 5.41) is 10.4. The number of hydrogen-bond acceptors (Lipinski definition) is 3. The highest BCUT2D eigenvalue weighted by molar-refractivity contribution is 5.81. The van der Waals surface area contributed by atoms with Crippen molar-refractivity contribution in [2.45, 2.75) is 18.4 Å². The van der Waals surface area contributed by atoms with Crippen molar-refractivity contribution >= 4 is 12.1 Å². The third-order valence-corrected chi connectivity index (χ3v) is 4.14. The van der Waals surface area contributed by atoms with Crippen LogP contribution in [0.4, 0.5) is 13.6 Å². The number of aliphatic carboxylic acids is 1. The predicted octanol–water partition coefficient (Wildman–Crippen LogP) is 3.24. The van der Waals surface area contributed by atoms with Crippen LogP contribution >= 0.6 is 0 Å². The van der Waals surface area contributed by atoms with Crippen molar-refractivity contribution < 1.29 is 28.2 Å². The Kier molecular flexibility index (Phi) is 4.65. The van der Waals surface area contributed by atoms with Crippen LogP contribution in [0.5, 0.6) is 0 Å². The number of alkyl carbamates (subject to hydrolysis) is 1. The Balaban J connectivity index is 1.73. The number of benzene rings is 2. The number of ether oxygens (including phenoxy) is 1. The molecule has 5 nitrogen and oxygen atoms in total. The smallest absolute Gasteiger partial charge is 0.408 e. The lowest BCUT2D eigenvalue weighted by molar-refractivity contribution is -0.143. The summed E-state index contributed by atoms with van der Waals surface area (Å²) in [5.41, 5.74) is 4.01. The average molecular weight is 347 g/mol. The summed E-state index contributed by atoms with van der Waals surface area (Å²) in [7, 11) is 0. The van der Waals surface area contributed by atoms with Crippen LogP contribution in [0.1, 0.15) is 17.0 Å². The number of alkyl halides is 2. The van der Waals surface area contributed by atoms with Gasteiger partial charge in [0.05, 0.1) is 0 Å². The molecule has 0 heterocycles. The minimum Gasteiger partial charge on any atom is -0.480 e. The second-order valence-corrected chi connectivity index (χ2v) is 5.62. The Labute approximate surface area is 142 Å². The minimum absolute atomic E-state index is 0.0740. The van der Waals surface area contributed by atoms with Crippen LogP contribution in [0, 0.1) is 0 Å². The Morgan fingerprint density at radius 2 is 1.56 bits per heavy atom. The summed E-state index contributed by atoms with van der Waals surface area (Å²) >= 11 is 0. The third kappa shape index (κ3) is 3.31. The lowest BCUT2D eigenvalue weighted by atomic mass is 9.98. The first-order valence-corrected chi connectivity index (χ1v) is 7.61. The van der Waals surface area contributed by atoms with Crippen molar-refractivity contribution in [2.75, 3.05) is 6.61 Å². The number of carboxylic acids is 1. The zero-order valence-corrected chi connectivity index (χ0v) is 13.0. The van der Waals surface area contributed by atoms with E-state index in [1.165, 1.54) is 0 Å². The van der Waals surface area contributed by atoms with Crippen LogP contribution in [-0.2, 0) is 9.53 Å². The minimum atomic E-state index is -3.22.